The van der Waals surface area contributed by atoms with Crippen molar-refractivity contribution < 1.29 is 9.53 Å². The maximum absolute atomic E-state index is 12.1. The van der Waals surface area contributed by atoms with Gasteiger partial charge in [0.1, 0.15) is 6.61 Å². The van der Waals surface area contributed by atoms with Crippen LogP contribution in [0.5, 0.6) is 0 Å². The van der Waals surface area contributed by atoms with Gasteiger partial charge < -0.3 is 10.1 Å². The molecular formula is C17H24N2O2. The first-order valence-corrected chi connectivity index (χ1v) is 7.94. The number of nitrogens with one attached hydrogen (secondary N) is 1. The molecule has 4 nitrogen and oxygen atoms in total. The Labute approximate surface area is 126 Å². The summed E-state index contributed by atoms with van der Waals surface area (Å²) < 4.78 is 5.38. The van der Waals surface area contributed by atoms with Crippen molar-refractivity contribution in [2.45, 2.75) is 50.8 Å². The van der Waals surface area contributed by atoms with Crippen molar-refractivity contribution in [1.29, 1.82) is 0 Å². The van der Waals surface area contributed by atoms with Gasteiger partial charge in [-0.2, -0.15) is 0 Å². The normalized spacial score (nSPS) is 28.3. The molecule has 3 aliphatic rings. The quantitative estimate of drug-likeness (QED) is 0.926. The Bertz CT molecular complexity index is 481. The molecule has 0 unspecified atom stereocenters. The van der Waals surface area contributed by atoms with Gasteiger partial charge in [-0.05, 0) is 37.8 Å². The van der Waals surface area contributed by atoms with E-state index in [0.717, 1.165) is 37.5 Å². The Hall–Kier alpha value is -1.55. The molecule has 0 spiro atoms. The first-order chi connectivity index (χ1) is 10.2. The SMILES string of the molecule is CCN1CC2(NC(=O)OCc3ccccc3)CCC1CC2. The number of nitrogens with zero attached hydrogens (tertiary/aromatic N) is 1. The van der Waals surface area contributed by atoms with E-state index in [2.05, 4.69) is 17.1 Å². The predicted molar refractivity (Wildman–Crippen MR) is 82.0 cm³/mol. The van der Waals surface area contributed by atoms with Gasteiger partial charge in [-0.3, -0.25) is 4.90 Å². The van der Waals surface area contributed by atoms with Crippen LogP contribution < -0.4 is 5.32 Å². The van der Waals surface area contributed by atoms with Crippen LogP contribution in [-0.4, -0.2) is 35.7 Å². The molecule has 3 fully saturated rings. The molecule has 4 heteroatoms. The molecule has 1 amide bonds. The number of benzene rings is 1. The average molecular weight is 288 g/mol. The molecule has 1 N–H and O–H groups in total. The highest BCUT2D eigenvalue weighted by atomic mass is 16.5. The number of hydrogen-bond acceptors (Lipinski definition) is 3. The predicted octanol–water partition coefficient (Wildman–Crippen LogP) is 2.93. The van der Waals surface area contributed by atoms with Gasteiger partial charge >= 0.3 is 6.09 Å². The summed E-state index contributed by atoms with van der Waals surface area (Å²) in [7, 11) is 0. The molecule has 2 saturated heterocycles. The molecule has 4 rings (SSSR count). The van der Waals surface area contributed by atoms with Crippen molar-refractivity contribution in [2.75, 3.05) is 13.1 Å². The third-order valence-electron chi connectivity index (χ3n) is 4.92. The number of likely N-dealkylation sites (N-methyl/N-ethyl adjacent to an activating group) is 1. The largest absolute Gasteiger partial charge is 0.445 e. The number of rotatable bonds is 4. The molecule has 1 aromatic carbocycles. The zero-order chi connectivity index (χ0) is 14.7. The van der Waals surface area contributed by atoms with E-state index >= 15 is 0 Å². The zero-order valence-corrected chi connectivity index (χ0v) is 12.7. The van der Waals surface area contributed by atoms with Gasteiger partial charge in [0.2, 0.25) is 0 Å². The molecule has 0 aromatic heterocycles. The van der Waals surface area contributed by atoms with Crippen LogP contribution in [0.4, 0.5) is 4.79 Å². The second kappa shape index (κ2) is 6.06. The van der Waals surface area contributed by atoms with Crippen molar-refractivity contribution in [1.82, 2.24) is 10.2 Å². The standard InChI is InChI=1S/C17H24N2O2/c1-2-19-13-17(10-8-15(19)9-11-17)18-16(20)21-12-14-6-4-3-5-7-14/h3-7,15H,2,8-13H2,1H3,(H,18,20). The molecular weight excluding hydrogens is 264 g/mol. The molecule has 21 heavy (non-hydrogen) atoms. The Morgan fingerprint density at radius 3 is 2.71 bits per heavy atom. The average Bonchev–Trinajstić information content (AvgIpc) is 2.54. The number of carbonyl (C=O) groups excluding carboxylic acids is 1. The van der Waals surface area contributed by atoms with Crippen molar-refractivity contribution in [3.63, 3.8) is 0 Å². The minimum atomic E-state index is -0.282. The lowest BCUT2D eigenvalue weighted by Crippen LogP contribution is -2.65. The fraction of sp³-hybridized carbons (Fsp3) is 0.588. The summed E-state index contributed by atoms with van der Waals surface area (Å²) in [6.07, 6.45) is 4.25. The summed E-state index contributed by atoms with van der Waals surface area (Å²) in [5.74, 6) is 0. The first-order valence-electron chi connectivity index (χ1n) is 7.94. The summed E-state index contributed by atoms with van der Waals surface area (Å²) >= 11 is 0. The van der Waals surface area contributed by atoms with Crippen LogP contribution in [0, 0.1) is 0 Å². The van der Waals surface area contributed by atoms with Crippen LogP contribution in [0.25, 0.3) is 0 Å². The van der Waals surface area contributed by atoms with Gasteiger partial charge in [0.25, 0.3) is 0 Å². The molecule has 0 radical (unpaired) electrons. The second-order valence-corrected chi connectivity index (χ2v) is 6.26. The second-order valence-electron chi connectivity index (χ2n) is 6.26. The summed E-state index contributed by atoms with van der Waals surface area (Å²) in [6.45, 7) is 4.56. The highest BCUT2D eigenvalue weighted by Crippen LogP contribution is 2.38. The summed E-state index contributed by atoms with van der Waals surface area (Å²) in [4.78, 5) is 14.6. The number of hydrogen-bond donors (Lipinski definition) is 1. The Morgan fingerprint density at radius 2 is 2.05 bits per heavy atom. The van der Waals surface area contributed by atoms with Gasteiger partial charge in [0.15, 0.2) is 0 Å². The van der Waals surface area contributed by atoms with Gasteiger partial charge in [-0.25, -0.2) is 4.79 Å². The van der Waals surface area contributed by atoms with Crippen LogP contribution in [0.2, 0.25) is 0 Å². The Kier molecular flexibility index (Phi) is 4.15. The van der Waals surface area contributed by atoms with Crippen LogP contribution in [0.15, 0.2) is 30.3 Å². The monoisotopic (exact) mass is 288 g/mol. The van der Waals surface area contributed by atoms with Crippen molar-refractivity contribution in [2.24, 2.45) is 0 Å². The van der Waals surface area contributed by atoms with E-state index in [0.29, 0.717) is 6.61 Å². The molecule has 2 aliphatic heterocycles. The summed E-state index contributed by atoms with van der Waals surface area (Å²) in [6, 6.07) is 10.5. The van der Waals surface area contributed by atoms with E-state index in [9.17, 15) is 4.79 Å². The van der Waals surface area contributed by atoms with Crippen LogP contribution in [0.1, 0.15) is 38.2 Å². The third kappa shape index (κ3) is 3.21. The van der Waals surface area contributed by atoms with E-state index in [1.54, 1.807) is 0 Å². The van der Waals surface area contributed by atoms with Gasteiger partial charge in [0, 0.05) is 12.6 Å². The summed E-state index contributed by atoms with van der Waals surface area (Å²) in [5.41, 5.74) is 0.950. The number of alkyl carbamates (subject to hydrolysis) is 1. The lowest BCUT2D eigenvalue weighted by atomic mass is 9.74. The molecule has 0 atom stereocenters. The topological polar surface area (TPSA) is 41.6 Å². The molecule has 2 bridgehead atoms. The van der Waals surface area contributed by atoms with Crippen molar-refractivity contribution in [3.8, 4) is 0 Å². The van der Waals surface area contributed by atoms with E-state index < -0.39 is 0 Å². The molecule has 1 saturated carbocycles. The third-order valence-corrected chi connectivity index (χ3v) is 4.92. The van der Waals surface area contributed by atoms with E-state index in [1.807, 2.05) is 30.3 Å². The number of ether oxygens (including phenoxy) is 1. The van der Waals surface area contributed by atoms with Crippen LogP contribution in [0.3, 0.4) is 0 Å². The Morgan fingerprint density at radius 1 is 1.33 bits per heavy atom. The van der Waals surface area contributed by atoms with Crippen molar-refractivity contribution >= 4 is 6.09 Å². The maximum Gasteiger partial charge on any atom is 0.407 e. The van der Waals surface area contributed by atoms with E-state index in [1.165, 1.54) is 12.8 Å². The van der Waals surface area contributed by atoms with Gasteiger partial charge in [-0.1, -0.05) is 37.3 Å². The molecule has 114 valence electrons. The number of amides is 1. The lowest BCUT2D eigenvalue weighted by molar-refractivity contribution is 0.0115. The fourth-order valence-electron chi connectivity index (χ4n) is 3.71. The number of carbonyl (C=O) groups is 1. The highest BCUT2D eigenvalue weighted by molar-refractivity contribution is 5.68. The maximum atomic E-state index is 12.1. The Balaban J connectivity index is 1.54. The minimum Gasteiger partial charge on any atom is -0.445 e. The first kappa shape index (κ1) is 14.4. The van der Waals surface area contributed by atoms with Crippen LogP contribution >= 0.6 is 0 Å². The number of piperidine rings is 2. The number of fused-ring (bicyclic) bond motifs is 3. The van der Waals surface area contributed by atoms with Gasteiger partial charge in [0.05, 0.1) is 5.54 Å². The highest BCUT2D eigenvalue weighted by Gasteiger charge is 2.45. The zero-order valence-electron chi connectivity index (χ0n) is 12.7. The molecule has 1 aromatic rings. The summed E-state index contributed by atoms with van der Waals surface area (Å²) in [5, 5.41) is 3.15. The smallest absolute Gasteiger partial charge is 0.407 e. The van der Waals surface area contributed by atoms with Gasteiger partial charge in [-0.15, -0.1) is 0 Å². The lowest BCUT2D eigenvalue weighted by Gasteiger charge is -2.52. The van der Waals surface area contributed by atoms with E-state index in [-0.39, 0.29) is 11.6 Å². The fourth-order valence-corrected chi connectivity index (χ4v) is 3.71. The van der Waals surface area contributed by atoms with Crippen LogP contribution in [-0.2, 0) is 11.3 Å². The molecule has 1 aliphatic carbocycles. The van der Waals surface area contributed by atoms with E-state index in [4.69, 9.17) is 4.74 Å². The minimum absolute atomic E-state index is 0.0709. The van der Waals surface area contributed by atoms with Crippen molar-refractivity contribution in [3.05, 3.63) is 35.9 Å². The molecule has 2 heterocycles.